The number of hydrogen-bond acceptors (Lipinski definition) is 5. The summed E-state index contributed by atoms with van der Waals surface area (Å²) in [6.45, 7) is 3.44. The molecular weight excluding hydrogens is 310 g/mol. The van der Waals surface area contributed by atoms with Crippen LogP contribution in [0, 0.1) is 12.8 Å². The minimum Gasteiger partial charge on any atom is -0.416 e. The van der Waals surface area contributed by atoms with E-state index in [2.05, 4.69) is 34.5 Å². The first kappa shape index (κ1) is 16.1. The van der Waals surface area contributed by atoms with Gasteiger partial charge in [0.15, 0.2) is 0 Å². The molecule has 0 atom stereocenters. The topological polar surface area (TPSA) is 59.2 Å². The number of carbonyl (C=O) groups is 1. The second kappa shape index (κ2) is 7.64. The highest BCUT2D eigenvalue weighted by Crippen LogP contribution is 2.23. The first-order valence-electron chi connectivity index (χ1n) is 7.95. The van der Waals surface area contributed by atoms with E-state index >= 15 is 0 Å². The van der Waals surface area contributed by atoms with Gasteiger partial charge in [-0.2, -0.15) is 0 Å². The Morgan fingerprint density at radius 3 is 2.65 bits per heavy atom. The van der Waals surface area contributed by atoms with Crippen molar-refractivity contribution in [2.75, 3.05) is 18.8 Å². The van der Waals surface area contributed by atoms with Gasteiger partial charge in [0.1, 0.15) is 0 Å². The fraction of sp³-hybridized carbons (Fsp3) is 0.471. The van der Waals surface area contributed by atoms with Gasteiger partial charge < -0.3 is 9.32 Å². The number of piperidine rings is 1. The van der Waals surface area contributed by atoms with Gasteiger partial charge in [-0.1, -0.05) is 42.1 Å². The number of benzene rings is 1. The van der Waals surface area contributed by atoms with E-state index in [-0.39, 0.29) is 5.91 Å². The van der Waals surface area contributed by atoms with Gasteiger partial charge in [0, 0.05) is 20.0 Å². The average molecular weight is 331 g/mol. The summed E-state index contributed by atoms with van der Waals surface area (Å²) in [5.41, 5.74) is 1.39. The molecule has 2 heterocycles. The smallest absolute Gasteiger partial charge is 0.277 e. The quantitative estimate of drug-likeness (QED) is 0.788. The number of aryl methyl sites for hydroxylation is 1. The van der Waals surface area contributed by atoms with Crippen LogP contribution >= 0.6 is 11.8 Å². The van der Waals surface area contributed by atoms with E-state index in [1.165, 1.54) is 17.3 Å². The van der Waals surface area contributed by atoms with Crippen molar-refractivity contribution < 1.29 is 9.21 Å². The van der Waals surface area contributed by atoms with Gasteiger partial charge in [-0.3, -0.25) is 4.79 Å². The monoisotopic (exact) mass is 331 g/mol. The Kier molecular flexibility index (Phi) is 5.33. The molecule has 2 aromatic rings. The SMILES string of the molecule is Cc1nnc(SCC(=O)N2CCC(Cc3ccccc3)CC2)o1. The number of thioether (sulfide) groups is 1. The Bertz CT molecular complexity index is 636. The zero-order chi connectivity index (χ0) is 16.1. The van der Waals surface area contributed by atoms with Crippen molar-refractivity contribution in [3.05, 3.63) is 41.8 Å². The van der Waals surface area contributed by atoms with E-state index in [4.69, 9.17) is 4.42 Å². The fourth-order valence-corrected chi connectivity index (χ4v) is 3.59. The zero-order valence-electron chi connectivity index (χ0n) is 13.3. The highest BCUT2D eigenvalue weighted by Gasteiger charge is 2.23. The molecule has 1 aromatic heterocycles. The Labute approximate surface area is 140 Å². The second-order valence-electron chi connectivity index (χ2n) is 5.89. The molecule has 0 N–H and O–H groups in total. The molecule has 1 aliphatic rings. The van der Waals surface area contributed by atoms with Crippen LogP contribution in [-0.4, -0.2) is 39.8 Å². The number of rotatable bonds is 5. The first-order valence-corrected chi connectivity index (χ1v) is 8.94. The molecule has 0 spiro atoms. The predicted molar refractivity (Wildman–Crippen MR) is 89.2 cm³/mol. The van der Waals surface area contributed by atoms with Crippen molar-refractivity contribution in [3.63, 3.8) is 0 Å². The van der Waals surface area contributed by atoms with Crippen LogP contribution in [0.4, 0.5) is 0 Å². The van der Waals surface area contributed by atoms with E-state index in [1.54, 1.807) is 6.92 Å². The molecular formula is C17H21N3O2S. The van der Waals surface area contributed by atoms with Gasteiger partial charge >= 0.3 is 0 Å². The number of hydrogen-bond donors (Lipinski definition) is 0. The standard InChI is InChI=1S/C17H21N3O2S/c1-13-18-19-17(22-13)23-12-16(21)20-9-7-15(8-10-20)11-14-5-3-2-4-6-14/h2-6,15H,7-12H2,1H3. The molecule has 23 heavy (non-hydrogen) atoms. The molecule has 0 saturated carbocycles. The maximum atomic E-state index is 12.3. The van der Waals surface area contributed by atoms with Gasteiger partial charge in [-0.05, 0) is 30.7 Å². The number of amides is 1. The lowest BCUT2D eigenvalue weighted by Crippen LogP contribution is -2.39. The number of aromatic nitrogens is 2. The molecule has 122 valence electrons. The van der Waals surface area contributed by atoms with Crippen LogP contribution in [-0.2, 0) is 11.2 Å². The van der Waals surface area contributed by atoms with E-state index in [0.29, 0.717) is 22.8 Å². The summed E-state index contributed by atoms with van der Waals surface area (Å²) in [5.74, 6) is 1.73. The molecule has 1 amide bonds. The molecule has 5 nitrogen and oxygen atoms in total. The van der Waals surface area contributed by atoms with Gasteiger partial charge in [0.2, 0.25) is 11.8 Å². The summed E-state index contributed by atoms with van der Waals surface area (Å²) in [6.07, 6.45) is 3.26. The van der Waals surface area contributed by atoms with Crippen LogP contribution in [0.25, 0.3) is 0 Å². The molecule has 1 aromatic carbocycles. The number of likely N-dealkylation sites (tertiary alicyclic amines) is 1. The van der Waals surface area contributed by atoms with Crippen molar-refractivity contribution in [1.82, 2.24) is 15.1 Å². The minimum absolute atomic E-state index is 0.156. The van der Waals surface area contributed by atoms with Crippen LogP contribution < -0.4 is 0 Å². The lowest BCUT2D eigenvalue weighted by Gasteiger charge is -2.32. The highest BCUT2D eigenvalue weighted by atomic mass is 32.2. The van der Waals surface area contributed by atoms with Crippen molar-refractivity contribution in [2.24, 2.45) is 5.92 Å². The van der Waals surface area contributed by atoms with E-state index in [9.17, 15) is 4.79 Å². The zero-order valence-corrected chi connectivity index (χ0v) is 14.1. The van der Waals surface area contributed by atoms with Gasteiger partial charge in [-0.15, -0.1) is 10.2 Å². The highest BCUT2D eigenvalue weighted by molar-refractivity contribution is 7.99. The Hall–Kier alpha value is -1.82. The number of nitrogens with zero attached hydrogens (tertiary/aromatic N) is 3. The maximum Gasteiger partial charge on any atom is 0.277 e. The van der Waals surface area contributed by atoms with Crippen molar-refractivity contribution in [2.45, 2.75) is 31.4 Å². The fourth-order valence-electron chi connectivity index (χ4n) is 2.89. The van der Waals surface area contributed by atoms with Crippen LogP contribution in [0.5, 0.6) is 0 Å². The Morgan fingerprint density at radius 1 is 1.26 bits per heavy atom. The largest absolute Gasteiger partial charge is 0.416 e. The van der Waals surface area contributed by atoms with Crippen molar-refractivity contribution in [1.29, 1.82) is 0 Å². The molecule has 0 radical (unpaired) electrons. The third-order valence-electron chi connectivity index (χ3n) is 4.16. The average Bonchev–Trinajstić information content (AvgIpc) is 3.00. The molecule has 1 saturated heterocycles. The molecule has 1 fully saturated rings. The minimum atomic E-state index is 0.156. The summed E-state index contributed by atoms with van der Waals surface area (Å²) in [4.78, 5) is 14.2. The van der Waals surface area contributed by atoms with E-state index in [0.717, 1.165) is 32.4 Å². The van der Waals surface area contributed by atoms with Crippen LogP contribution in [0.15, 0.2) is 40.0 Å². The summed E-state index contributed by atoms with van der Waals surface area (Å²) in [6, 6.07) is 10.6. The van der Waals surface area contributed by atoms with Gasteiger partial charge in [0.25, 0.3) is 5.22 Å². The third-order valence-corrected chi connectivity index (χ3v) is 4.96. The van der Waals surface area contributed by atoms with E-state index < -0.39 is 0 Å². The van der Waals surface area contributed by atoms with Gasteiger partial charge in [-0.25, -0.2) is 0 Å². The second-order valence-corrected chi connectivity index (χ2v) is 6.82. The molecule has 0 bridgehead atoms. The van der Waals surface area contributed by atoms with Crippen molar-refractivity contribution in [3.8, 4) is 0 Å². The lowest BCUT2D eigenvalue weighted by molar-refractivity contribution is -0.129. The maximum absolute atomic E-state index is 12.3. The molecule has 6 heteroatoms. The summed E-state index contributed by atoms with van der Waals surface area (Å²) < 4.78 is 5.27. The Balaban J connectivity index is 1.42. The third kappa shape index (κ3) is 4.58. The van der Waals surface area contributed by atoms with Gasteiger partial charge in [0.05, 0.1) is 5.75 Å². The predicted octanol–water partition coefficient (Wildman–Crippen LogP) is 2.95. The normalized spacial score (nSPS) is 15.8. The number of carbonyl (C=O) groups excluding carboxylic acids is 1. The van der Waals surface area contributed by atoms with Crippen molar-refractivity contribution >= 4 is 17.7 Å². The Morgan fingerprint density at radius 2 is 2.00 bits per heavy atom. The van der Waals surface area contributed by atoms with E-state index in [1.807, 2.05) is 11.0 Å². The summed E-state index contributed by atoms with van der Waals surface area (Å²) in [5, 5.41) is 8.13. The lowest BCUT2D eigenvalue weighted by atomic mass is 9.90. The molecule has 0 unspecified atom stereocenters. The first-order chi connectivity index (χ1) is 11.2. The summed E-state index contributed by atoms with van der Waals surface area (Å²) in [7, 11) is 0. The molecule has 3 rings (SSSR count). The summed E-state index contributed by atoms with van der Waals surface area (Å²) >= 11 is 1.31. The molecule has 1 aliphatic heterocycles. The van der Waals surface area contributed by atoms with Crippen LogP contribution in [0.3, 0.4) is 0 Å². The molecule has 0 aliphatic carbocycles. The van der Waals surface area contributed by atoms with Crippen LogP contribution in [0.1, 0.15) is 24.3 Å². The van der Waals surface area contributed by atoms with Crippen LogP contribution in [0.2, 0.25) is 0 Å².